The molecule has 1 atom stereocenters. The Morgan fingerprint density at radius 1 is 1.21 bits per heavy atom. The third kappa shape index (κ3) is 4.08. The van der Waals surface area contributed by atoms with Gasteiger partial charge in [0.2, 0.25) is 5.91 Å². The van der Waals surface area contributed by atoms with Gasteiger partial charge in [-0.2, -0.15) is 0 Å². The lowest BCUT2D eigenvalue weighted by molar-refractivity contribution is -0.120. The first-order valence-electron chi connectivity index (χ1n) is 7.90. The van der Waals surface area contributed by atoms with Crippen molar-refractivity contribution in [2.24, 2.45) is 5.92 Å². The minimum Gasteiger partial charge on any atom is -0.385 e. The first-order chi connectivity index (χ1) is 11.3. The number of carbonyl (C=O) groups excluding carboxylic acids is 2. The smallest absolute Gasteiger partial charge is 0.253 e. The van der Waals surface area contributed by atoms with Crippen LogP contribution in [-0.2, 0) is 4.79 Å². The molecule has 1 unspecified atom stereocenters. The Hall–Kier alpha value is -2.48. The fourth-order valence-corrected chi connectivity index (χ4v) is 2.18. The molecule has 2 aromatic rings. The molecule has 8 heteroatoms. The minimum atomic E-state index is -0.782. The van der Waals surface area contributed by atoms with Gasteiger partial charge in [-0.3, -0.25) is 14.0 Å². The van der Waals surface area contributed by atoms with E-state index >= 15 is 0 Å². The number of amides is 2. The molecule has 0 radical (unpaired) electrons. The monoisotopic (exact) mass is 333 g/mol. The van der Waals surface area contributed by atoms with Crippen molar-refractivity contribution in [3.8, 4) is 0 Å². The molecule has 0 aliphatic rings. The van der Waals surface area contributed by atoms with Gasteiger partial charge in [-0.1, -0.05) is 13.8 Å². The maximum atomic E-state index is 12.2. The normalized spacial score (nSPS) is 12.6. The number of aliphatic hydroxyl groups is 1. The highest BCUT2D eigenvalue weighted by atomic mass is 16.3. The largest absolute Gasteiger partial charge is 0.385 e. The second kappa shape index (κ2) is 7.39. The van der Waals surface area contributed by atoms with Gasteiger partial charge in [0.1, 0.15) is 6.10 Å². The van der Waals surface area contributed by atoms with Gasteiger partial charge >= 0.3 is 0 Å². The predicted molar refractivity (Wildman–Crippen MR) is 88.4 cm³/mol. The minimum absolute atomic E-state index is 0.0165. The number of pyridine rings is 1. The van der Waals surface area contributed by atoms with Crippen LogP contribution < -0.4 is 10.6 Å². The fraction of sp³-hybridized carbons (Fsp3) is 0.500. The van der Waals surface area contributed by atoms with Crippen LogP contribution in [0, 0.1) is 5.92 Å². The highest BCUT2D eigenvalue weighted by Crippen LogP contribution is 2.20. The van der Waals surface area contributed by atoms with E-state index in [0.29, 0.717) is 17.0 Å². The van der Waals surface area contributed by atoms with Crippen molar-refractivity contribution in [1.82, 2.24) is 25.2 Å². The zero-order chi connectivity index (χ0) is 17.9. The maximum absolute atomic E-state index is 12.2. The summed E-state index contributed by atoms with van der Waals surface area (Å²) in [6.07, 6.45) is 0.779. The molecule has 2 heterocycles. The molecule has 24 heavy (non-hydrogen) atoms. The number of hydrogen-bond acceptors (Lipinski definition) is 5. The van der Waals surface area contributed by atoms with E-state index in [2.05, 4.69) is 20.8 Å². The summed E-state index contributed by atoms with van der Waals surface area (Å²) in [5, 5.41) is 23.4. The predicted octanol–water partition coefficient (Wildman–Crippen LogP) is 0.673. The number of carbonyl (C=O) groups is 2. The summed E-state index contributed by atoms with van der Waals surface area (Å²) < 4.78 is 1.59. The Balaban J connectivity index is 2.16. The quantitative estimate of drug-likeness (QED) is 0.720. The molecular weight excluding hydrogens is 310 g/mol. The lowest BCUT2D eigenvalue weighted by atomic mass is 10.1. The third-order valence-corrected chi connectivity index (χ3v) is 3.45. The van der Waals surface area contributed by atoms with Gasteiger partial charge in [-0.25, -0.2) is 0 Å². The highest BCUT2D eigenvalue weighted by molar-refractivity contribution is 5.96. The Morgan fingerprint density at radius 2 is 1.92 bits per heavy atom. The van der Waals surface area contributed by atoms with E-state index in [4.69, 9.17) is 0 Å². The van der Waals surface area contributed by atoms with Gasteiger partial charge < -0.3 is 15.7 Å². The van der Waals surface area contributed by atoms with Gasteiger partial charge in [0.25, 0.3) is 5.91 Å². The van der Waals surface area contributed by atoms with Crippen molar-refractivity contribution in [2.75, 3.05) is 6.54 Å². The molecule has 2 aromatic heterocycles. The highest BCUT2D eigenvalue weighted by Gasteiger charge is 2.19. The van der Waals surface area contributed by atoms with Crippen LogP contribution in [0.5, 0.6) is 0 Å². The van der Waals surface area contributed by atoms with Crippen molar-refractivity contribution in [2.45, 2.75) is 39.8 Å². The molecule has 2 amide bonds. The van der Waals surface area contributed by atoms with Crippen LogP contribution in [0.15, 0.2) is 18.3 Å². The van der Waals surface area contributed by atoms with Crippen molar-refractivity contribution in [3.05, 3.63) is 29.7 Å². The Bertz CT molecular complexity index is 738. The van der Waals surface area contributed by atoms with Gasteiger partial charge in [-0.05, 0) is 31.9 Å². The molecule has 0 aliphatic heterocycles. The van der Waals surface area contributed by atoms with E-state index in [0.717, 1.165) is 0 Å². The van der Waals surface area contributed by atoms with E-state index in [1.807, 2.05) is 27.7 Å². The first kappa shape index (κ1) is 17.9. The van der Waals surface area contributed by atoms with Crippen LogP contribution >= 0.6 is 0 Å². The van der Waals surface area contributed by atoms with Gasteiger partial charge in [0, 0.05) is 12.2 Å². The second-order valence-corrected chi connectivity index (χ2v) is 6.30. The summed E-state index contributed by atoms with van der Waals surface area (Å²) in [7, 11) is 0. The summed E-state index contributed by atoms with van der Waals surface area (Å²) in [5.74, 6) is -0.282. The fourth-order valence-electron chi connectivity index (χ4n) is 2.18. The van der Waals surface area contributed by atoms with Crippen LogP contribution in [0.1, 0.15) is 50.0 Å². The lowest BCUT2D eigenvalue weighted by Gasteiger charge is -2.13. The van der Waals surface area contributed by atoms with Crippen molar-refractivity contribution >= 4 is 17.5 Å². The van der Waals surface area contributed by atoms with Crippen molar-refractivity contribution in [1.29, 1.82) is 0 Å². The molecule has 0 fully saturated rings. The molecule has 130 valence electrons. The summed E-state index contributed by atoms with van der Waals surface area (Å²) in [5.41, 5.74) is 0.899. The zero-order valence-corrected chi connectivity index (χ0v) is 14.3. The van der Waals surface area contributed by atoms with E-state index in [1.165, 1.54) is 0 Å². The molecule has 0 saturated carbocycles. The number of rotatable bonds is 6. The number of hydrogen-bond donors (Lipinski definition) is 3. The molecule has 0 spiro atoms. The van der Waals surface area contributed by atoms with E-state index < -0.39 is 6.10 Å². The Labute approximate surface area is 140 Å². The van der Waals surface area contributed by atoms with E-state index in [-0.39, 0.29) is 30.3 Å². The zero-order valence-electron chi connectivity index (χ0n) is 14.3. The second-order valence-electron chi connectivity index (χ2n) is 6.30. The Kier molecular flexibility index (Phi) is 5.50. The topological polar surface area (TPSA) is 109 Å². The number of aliphatic hydroxyl groups excluding tert-OH is 1. The van der Waals surface area contributed by atoms with Gasteiger partial charge in [0.15, 0.2) is 11.5 Å². The van der Waals surface area contributed by atoms with Crippen LogP contribution in [0.4, 0.5) is 0 Å². The third-order valence-electron chi connectivity index (χ3n) is 3.45. The van der Waals surface area contributed by atoms with Crippen LogP contribution in [0.3, 0.4) is 0 Å². The number of nitrogens with one attached hydrogen (secondary N) is 2. The summed E-state index contributed by atoms with van der Waals surface area (Å²) >= 11 is 0. The maximum Gasteiger partial charge on any atom is 0.253 e. The standard InChI is InChI=1S/C16H23N5O3/c1-9(2)14(23)15-20-19-12-6-5-11(8-21(12)15)16(24)17-7-13(22)18-10(3)4/h5-6,8-10,14,23H,7H2,1-4H3,(H,17,24)(H,18,22). The Morgan fingerprint density at radius 3 is 2.54 bits per heavy atom. The summed E-state index contributed by atoms with van der Waals surface area (Å²) in [6, 6.07) is 3.26. The molecule has 3 N–H and O–H groups in total. The number of nitrogens with zero attached hydrogens (tertiary/aromatic N) is 3. The van der Waals surface area contributed by atoms with E-state index in [9.17, 15) is 14.7 Å². The molecule has 8 nitrogen and oxygen atoms in total. The summed E-state index contributed by atoms with van der Waals surface area (Å²) in [6.45, 7) is 7.34. The van der Waals surface area contributed by atoms with Gasteiger partial charge in [-0.15, -0.1) is 10.2 Å². The SMILES string of the molecule is CC(C)NC(=O)CNC(=O)c1ccc2nnc(C(O)C(C)C)n2c1. The molecule has 0 saturated heterocycles. The first-order valence-corrected chi connectivity index (χ1v) is 7.90. The number of fused-ring (bicyclic) bond motifs is 1. The van der Waals surface area contributed by atoms with Gasteiger partial charge in [0.05, 0.1) is 12.1 Å². The molecular formula is C16H23N5O3. The van der Waals surface area contributed by atoms with Crippen molar-refractivity contribution in [3.63, 3.8) is 0 Å². The average molecular weight is 333 g/mol. The lowest BCUT2D eigenvalue weighted by Crippen LogP contribution is -2.39. The molecule has 0 aliphatic carbocycles. The number of aromatic nitrogens is 3. The molecule has 2 rings (SSSR count). The molecule has 0 bridgehead atoms. The van der Waals surface area contributed by atoms with Crippen molar-refractivity contribution < 1.29 is 14.7 Å². The average Bonchev–Trinajstić information content (AvgIpc) is 2.93. The van der Waals surface area contributed by atoms with E-state index in [1.54, 1.807) is 22.7 Å². The van der Waals surface area contributed by atoms with Crippen LogP contribution in [0.2, 0.25) is 0 Å². The van der Waals surface area contributed by atoms with Crippen LogP contribution in [-0.4, -0.2) is 44.1 Å². The molecule has 0 aromatic carbocycles. The van der Waals surface area contributed by atoms with Crippen LogP contribution in [0.25, 0.3) is 5.65 Å². The summed E-state index contributed by atoms with van der Waals surface area (Å²) in [4.78, 5) is 23.8.